The van der Waals surface area contributed by atoms with Crippen molar-refractivity contribution in [1.82, 2.24) is 4.90 Å². The Bertz CT molecular complexity index is 1220. The lowest BCUT2D eigenvalue weighted by Gasteiger charge is -2.29. The van der Waals surface area contributed by atoms with Gasteiger partial charge in [-0.15, -0.1) is 0 Å². The van der Waals surface area contributed by atoms with Crippen molar-refractivity contribution < 1.29 is 19.1 Å². The number of benzene rings is 2. The first-order chi connectivity index (χ1) is 20.7. The van der Waals surface area contributed by atoms with Crippen molar-refractivity contribution >= 4 is 17.6 Å². The molecule has 3 rings (SSSR count). The molecule has 0 saturated carbocycles. The van der Waals surface area contributed by atoms with Crippen molar-refractivity contribution in [2.45, 2.75) is 105 Å². The van der Waals surface area contributed by atoms with Crippen molar-refractivity contribution in [2.24, 2.45) is 23.7 Å². The molecule has 3 atom stereocenters. The van der Waals surface area contributed by atoms with Crippen LogP contribution < -0.4 is 4.74 Å². The van der Waals surface area contributed by atoms with E-state index in [1.807, 2.05) is 56.3 Å². The molecule has 1 heterocycles. The van der Waals surface area contributed by atoms with E-state index in [0.29, 0.717) is 32.1 Å². The van der Waals surface area contributed by atoms with E-state index in [1.54, 1.807) is 12.0 Å². The molecule has 5 nitrogen and oxygen atoms in total. The molecule has 0 radical (unpaired) electrons. The SMILES string of the molecule is CCCCCCc1cc(C(=O)C(CC=CCC(C(=O)N2C(=O)CCC2Cc2ccccc2)C(C)C)C(C)C)ccc1OC. The predicted octanol–water partition coefficient (Wildman–Crippen LogP) is 8.64. The monoisotopic (exact) mass is 587 g/mol. The van der Waals surface area contributed by atoms with Gasteiger partial charge in [0.2, 0.25) is 11.8 Å². The van der Waals surface area contributed by atoms with Gasteiger partial charge in [-0.25, -0.2) is 0 Å². The standard InChI is InChI=1S/C38H53NO4/c1-7-8-9-13-18-30-26-31(21-23-35(30)43-6)37(41)33(27(2)3)19-14-15-20-34(28(4)5)38(42)39-32(22-24-36(39)40)25-29-16-11-10-12-17-29/h10-12,14-17,21,23,26-28,32-34H,7-9,13,18-20,22,24-25H2,1-6H3. The Morgan fingerprint density at radius 1 is 0.930 bits per heavy atom. The Balaban J connectivity index is 1.67. The Labute approximate surface area is 260 Å². The van der Waals surface area contributed by atoms with Gasteiger partial charge in [0.1, 0.15) is 5.75 Å². The predicted molar refractivity (Wildman–Crippen MR) is 175 cm³/mol. The Morgan fingerprint density at radius 2 is 1.60 bits per heavy atom. The van der Waals surface area contributed by atoms with Gasteiger partial charge in [0.15, 0.2) is 5.78 Å². The molecule has 0 aromatic heterocycles. The van der Waals surface area contributed by atoms with Crippen LogP contribution in [0.4, 0.5) is 0 Å². The Hall–Kier alpha value is -3.21. The fourth-order valence-electron chi connectivity index (χ4n) is 6.21. The molecule has 0 aliphatic carbocycles. The van der Waals surface area contributed by atoms with E-state index in [0.717, 1.165) is 35.3 Å². The van der Waals surface area contributed by atoms with Crippen molar-refractivity contribution in [1.29, 1.82) is 0 Å². The number of hydrogen-bond acceptors (Lipinski definition) is 4. The molecule has 234 valence electrons. The largest absolute Gasteiger partial charge is 0.496 e. The summed E-state index contributed by atoms with van der Waals surface area (Å²) >= 11 is 0. The highest BCUT2D eigenvalue weighted by atomic mass is 16.5. The zero-order valence-electron chi connectivity index (χ0n) is 27.3. The van der Waals surface area contributed by atoms with Crippen LogP contribution in [-0.2, 0) is 22.4 Å². The van der Waals surface area contributed by atoms with Gasteiger partial charge in [0.05, 0.1) is 7.11 Å². The topological polar surface area (TPSA) is 63.7 Å². The van der Waals surface area contributed by atoms with Crippen LogP contribution in [0.3, 0.4) is 0 Å². The molecule has 0 bridgehead atoms. The zero-order chi connectivity index (χ0) is 31.4. The summed E-state index contributed by atoms with van der Waals surface area (Å²) < 4.78 is 5.59. The van der Waals surface area contributed by atoms with Crippen LogP contribution in [0, 0.1) is 23.7 Å². The van der Waals surface area contributed by atoms with Crippen molar-refractivity contribution in [3.05, 3.63) is 77.4 Å². The summed E-state index contributed by atoms with van der Waals surface area (Å²) in [7, 11) is 1.69. The van der Waals surface area contributed by atoms with E-state index in [1.165, 1.54) is 19.3 Å². The normalized spacial score (nSPS) is 16.8. The highest BCUT2D eigenvalue weighted by Gasteiger charge is 2.39. The smallest absolute Gasteiger partial charge is 0.233 e. The number of carbonyl (C=O) groups excluding carboxylic acids is 3. The number of ketones is 1. The Morgan fingerprint density at radius 3 is 2.23 bits per heavy atom. The van der Waals surface area contributed by atoms with Crippen LogP contribution >= 0.6 is 0 Å². The molecule has 0 N–H and O–H groups in total. The minimum absolute atomic E-state index is 0.0600. The van der Waals surface area contributed by atoms with Crippen LogP contribution in [0.25, 0.3) is 0 Å². The first-order valence-electron chi connectivity index (χ1n) is 16.4. The molecule has 1 fully saturated rings. The van der Waals surface area contributed by atoms with Gasteiger partial charge >= 0.3 is 0 Å². The quantitative estimate of drug-likeness (QED) is 0.106. The second kappa shape index (κ2) is 17.2. The molecular weight excluding hydrogens is 534 g/mol. The van der Waals surface area contributed by atoms with Gasteiger partial charge in [0.25, 0.3) is 0 Å². The molecule has 43 heavy (non-hydrogen) atoms. The van der Waals surface area contributed by atoms with E-state index in [-0.39, 0.29) is 47.3 Å². The van der Waals surface area contributed by atoms with Gasteiger partial charge in [-0.3, -0.25) is 19.3 Å². The summed E-state index contributed by atoms with van der Waals surface area (Å²) in [5.41, 5.74) is 2.99. The maximum atomic E-state index is 13.7. The average molecular weight is 588 g/mol. The lowest BCUT2D eigenvalue weighted by molar-refractivity contribution is -0.147. The molecule has 1 aliphatic heterocycles. The number of nitrogens with zero attached hydrogens (tertiary/aromatic N) is 1. The summed E-state index contributed by atoms with van der Waals surface area (Å²) in [4.78, 5) is 41.8. The molecule has 1 aliphatic rings. The summed E-state index contributed by atoms with van der Waals surface area (Å²) in [6, 6.07) is 15.8. The fraction of sp³-hybridized carbons (Fsp3) is 0.553. The number of methoxy groups -OCH3 is 1. The van der Waals surface area contributed by atoms with Crippen LogP contribution in [0.2, 0.25) is 0 Å². The third-order valence-electron chi connectivity index (χ3n) is 8.95. The highest BCUT2D eigenvalue weighted by molar-refractivity contribution is 5.99. The maximum Gasteiger partial charge on any atom is 0.233 e. The highest BCUT2D eigenvalue weighted by Crippen LogP contribution is 2.30. The van der Waals surface area contributed by atoms with Crippen LogP contribution in [-0.4, -0.2) is 35.6 Å². The summed E-state index contributed by atoms with van der Waals surface area (Å²) in [6.45, 7) is 10.5. The third kappa shape index (κ3) is 9.64. The van der Waals surface area contributed by atoms with E-state index < -0.39 is 0 Å². The first-order valence-corrected chi connectivity index (χ1v) is 16.4. The van der Waals surface area contributed by atoms with Crippen molar-refractivity contribution in [3.63, 3.8) is 0 Å². The van der Waals surface area contributed by atoms with Gasteiger partial charge in [-0.2, -0.15) is 0 Å². The number of carbonyl (C=O) groups is 3. The summed E-state index contributed by atoms with van der Waals surface area (Å²) in [5.74, 6) is 0.722. The number of allylic oxidation sites excluding steroid dienone is 2. The lowest BCUT2D eigenvalue weighted by Crippen LogP contribution is -2.44. The van der Waals surface area contributed by atoms with Crippen molar-refractivity contribution in [2.75, 3.05) is 7.11 Å². The second-order valence-corrected chi connectivity index (χ2v) is 12.8. The molecular formula is C38H53NO4. The molecule has 2 aromatic rings. The van der Waals surface area contributed by atoms with Crippen LogP contribution in [0.1, 0.15) is 107 Å². The minimum atomic E-state index is -0.276. The van der Waals surface area contributed by atoms with Crippen LogP contribution in [0.5, 0.6) is 5.75 Å². The number of hydrogen-bond donors (Lipinski definition) is 0. The summed E-state index contributed by atoms with van der Waals surface area (Å²) in [5, 5.41) is 0. The lowest BCUT2D eigenvalue weighted by atomic mass is 9.84. The fourth-order valence-corrected chi connectivity index (χ4v) is 6.21. The van der Waals surface area contributed by atoms with E-state index in [4.69, 9.17) is 4.74 Å². The Kier molecular flexibility index (Phi) is 13.7. The number of unbranched alkanes of at least 4 members (excludes halogenated alkanes) is 3. The van der Waals surface area contributed by atoms with Crippen LogP contribution in [0.15, 0.2) is 60.7 Å². The third-order valence-corrected chi connectivity index (χ3v) is 8.95. The van der Waals surface area contributed by atoms with E-state index in [2.05, 4.69) is 39.0 Å². The van der Waals surface area contributed by atoms with Crippen molar-refractivity contribution in [3.8, 4) is 5.75 Å². The number of amides is 2. The summed E-state index contributed by atoms with van der Waals surface area (Å²) in [6.07, 6.45) is 12.7. The number of ether oxygens (including phenoxy) is 1. The molecule has 3 unspecified atom stereocenters. The molecule has 1 saturated heterocycles. The number of imide groups is 1. The van der Waals surface area contributed by atoms with E-state index >= 15 is 0 Å². The van der Waals surface area contributed by atoms with Gasteiger partial charge in [0, 0.05) is 29.9 Å². The van der Waals surface area contributed by atoms with Gasteiger partial charge in [-0.1, -0.05) is 96.4 Å². The van der Waals surface area contributed by atoms with Gasteiger partial charge < -0.3 is 4.74 Å². The molecule has 2 aromatic carbocycles. The van der Waals surface area contributed by atoms with E-state index in [9.17, 15) is 14.4 Å². The number of Topliss-reactive ketones (excluding diaryl/α,β-unsaturated/α-hetero) is 1. The first kappa shape index (κ1) is 34.3. The number of rotatable bonds is 17. The van der Waals surface area contributed by atoms with Gasteiger partial charge in [-0.05, 0) is 79.7 Å². The molecule has 0 spiro atoms. The second-order valence-electron chi connectivity index (χ2n) is 12.8. The molecule has 5 heteroatoms. The minimum Gasteiger partial charge on any atom is -0.496 e. The number of likely N-dealkylation sites (tertiary alicyclic amines) is 1. The maximum absolute atomic E-state index is 13.7. The average Bonchev–Trinajstić information content (AvgIpc) is 3.35. The zero-order valence-corrected chi connectivity index (χ0v) is 27.3. The number of aryl methyl sites for hydroxylation is 1. The molecule has 2 amide bonds.